The molecule has 1 aromatic carbocycles. The molecule has 0 saturated carbocycles. The molecule has 0 fully saturated rings. The van der Waals surface area contributed by atoms with Gasteiger partial charge in [0.15, 0.2) is 6.61 Å². The lowest BCUT2D eigenvalue weighted by atomic mass is 10.1. The van der Waals surface area contributed by atoms with E-state index in [9.17, 15) is 23.6 Å². The molecule has 3 N–H and O–H groups in total. The second-order valence-electron chi connectivity index (χ2n) is 5.46. The van der Waals surface area contributed by atoms with Gasteiger partial charge in [0, 0.05) is 0 Å². The Balaban J connectivity index is 2.11. The van der Waals surface area contributed by atoms with Crippen LogP contribution in [0.1, 0.15) is 43.8 Å². The number of hydrogen-bond acceptors (Lipinski definition) is 7. The van der Waals surface area contributed by atoms with Crippen molar-refractivity contribution in [2.24, 2.45) is 5.73 Å². The zero-order chi connectivity index (χ0) is 20.8. The number of carbonyl (C=O) groups excluding carboxylic acids is 4. The topological polar surface area (TPSA) is 138 Å². The first-order chi connectivity index (χ1) is 13.2. The van der Waals surface area contributed by atoms with Crippen molar-refractivity contribution in [3.63, 3.8) is 0 Å². The van der Waals surface area contributed by atoms with Crippen LogP contribution in [-0.4, -0.2) is 37.0 Å². The SMILES string of the molecule is CCOC(=O)c1c(C)oc(NC(=O)COC(=O)c2cccc(F)c2)c1C(N)=O. The highest BCUT2D eigenvalue weighted by Crippen LogP contribution is 2.27. The summed E-state index contributed by atoms with van der Waals surface area (Å²) >= 11 is 0. The van der Waals surface area contributed by atoms with Crippen LogP contribution >= 0.6 is 0 Å². The van der Waals surface area contributed by atoms with Crippen molar-refractivity contribution in [3.8, 4) is 0 Å². The molecule has 0 aliphatic carbocycles. The molecule has 2 amide bonds. The van der Waals surface area contributed by atoms with E-state index < -0.39 is 36.2 Å². The molecule has 28 heavy (non-hydrogen) atoms. The van der Waals surface area contributed by atoms with Crippen LogP contribution in [0.25, 0.3) is 0 Å². The summed E-state index contributed by atoms with van der Waals surface area (Å²) in [6.45, 7) is 2.27. The van der Waals surface area contributed by atoms with E-state index in [0.29, 0.717) is 0 Å². The van der Waals surface area contributed by atoms with Crippen LogP contribution in [0.15, 0.2) is 28.7 Å². The maximum atomic E-state index is 13.1. The molecule has 0 unspecified atom stereocenters. The highest BCUT2D eigenvalue weighted by Gasteiger charge is 2.29. The predicted molar refractivity (Wildman–Crippen MR) is 93.2 cm³/mol. The summed E-state index contributed by atoms with van der Waals surface area (Å²) in [7, 11) is 0. The largest absolute Gasteiger partial charge is 0.462 e. The summed E-state index contributed by atoms with van der Waals surface area (Å²) in [6, 6.07) is 4.73. The van der Waals surface area contributed by atoms with E-state index in [1.807, 2.05) is 0 Å². The molecule has 1 heterocycles. The van der Waals surface area contributed by atoms with Gasteiger partial charge in [-0.1, -0.05) is 6.07 Å². The van der Waals surface area contributed by atoms with Crippen LogP contribution < -0.4 is 11.1 Å². The Morgan fingerprint density at radius 1 is 1.14 bits per heavy atom. The lowest BCUT2D eigenvalue weighted by Crippen LogP contribution is -2.23. The van der Waals surface area contributed by atoms with Gasteiger partial charge in [0.05, 0.1) is 12.2 Å². The second kappa shape index (κ2) is 8.80. The van der Waals surface area contributed by atoms with Gasteiger partial charge in [-0.25, -0.2) is 14.0 Å². The summed E-state index contributed by atoms with van der Waals surface area (Å²) < 4.78 is 28.0. The standard InChI is InChI=1S/C18H17FN2O7/c1-3-26-18(25)13-9(2)28-16(14(13)15(20)23)21-12(22)8-27-17(24)10-5-4-6-11(19)7-10/h4-7H,3,8H2,1-2H3,(H2,20,23)(H,21,22). The second-order valence-corrected chi connectivity index (χ2v) is 5.46. The molecule has 148 valence electrons. The first-order valence-electron chi connectivity index (χ1n) is 8.07. The zero-order valence-corrected chi connectivity index (χ0v) is 15.0. The average molecular weight is 392 g/mol. The number of rotatable bonds is 7. The van der Waals surface area contributed by atoms with E-state index in [1.54, 1.807) is 6.92 Å². The minimum Gasteiger partial charge on any atom is -0.462 e. The third-order valence-electron chi connectivity index (χ3n) is 3.46. The Hall–Kier alpha value is -3.69. The molecule has 1 aromatic heterocycles. The normalized spacial score (nSPS) is 10.2. The highest BCUT2D eigenvalue weighted by molar-refractivity contribution is 6.10. The first kappa shape index (κ1) is 20.6. The van der Waals surface area contributed by atoms with E-state index in [2.05, 4.69) is 5.32 Å². The molecule has 2 aromatic rings. The fraction of sp³-hybridized carbons (Fsp3) is 0.222. The number of benzene rings is 1. The number of nitrogens with one attached hydrogen (secondary N) is 1. The smallest absolute Gasteiger partial charge is 0.342 e. The number of nitrogens with two attached hydrogens (primary N) is 1. The highest BCUT2D eigenvalue weighted by atomic mass is 19.1. The van der Waals surface area contributed by atoms with Gasteiger partial charge < -0.3 is 19.6 Å². The Labute approximate surface area is 158 Å². The average Bonchev–Trinajstić information content (AvgIpc) is 2.95. The van der Waals surface area contributed by atoms with Gasteiger partial charge in [0.25, 0.3) is 11.8 Å². The van der Waals surface area contributed by atoms with E-state index in [-0.39, 0.29) is 34.9 Å². The number of ether oxygens (including phenoxy) is 2. The number of furan rings is 1. The molecular weight excluding hydrogens is 375 g/mol. The van der Waals surface area contributed by atoms with Gasteiger partial charge >= 0.3 is 11.9 Å². The number of carbonyl (C=O) groups is 4. The monoisotopic (exact) mass is 392 g/mol. The van der Waals surface area contributed by atoms with E-state index in [0.717, 1.165) is 12.1 Å². The van der Waals surface area contributed by atoms with Crippen molar-refractivity contribution in [1.82, 2.24) is 0 Å². The quantitative estimate of drug-likeness (QED) is 0.685. The Bertz CT molecular complexity index is 936. The fourth-order valence-electron chi connectivity index (χ4n) is 2.31. The van der Waals surface area contributed by atoms with Crippen molar-refractivity contribution >= 4 is 29.6 Å². The maximum absolute atomic E-state index is 13.1. The van der Waals surface area contributed by atoms with Crippen LogP contribution in [0.5, 0.6) is 0 Å². The van der Waals surface area contributed by atoms with Gasteiger partial charge in [-0.05, 0) is 32.0 Å². The van der Waals surface area contributed by atoms with Crippen molar-refractivity contribution in [2.45, 2.75) is 13.8 Å². The van der Waals surface area contributed by atoms with E-state index >= 15 is 0 Å². The Morgan fingerprint density at radius 2 is 1.86 bits per heavy atom. The van der Waals surface area contributed by atoms with Gasteiger partial charge in [-0.15, -0.1) is 0 Å². The molecule has 10 heteroatoms. The summed E-state index contributed by atoms with van der Waals surface area (Å²) in [4.78, 5) is 47.5. The van der Waals surface area contributed by atoms with Gasteiger partial charge in [-0.3, -0.25) is 14.9 Å². The minimum atomic E-state index is -1.02. The van der Waals surface area contributed by atoms with Crippen molar-refractivity contribution in [3.05, 3.63) is 52.5 Å². The van der Waals surface area contributed by atoms with Crippen LogP contribution in [0.4, 0.5) is 10.3 Å². The lowest BCUT2D eigenvalue weighted by molar-refractivity contribution is -0.119. The molecule has 0 aliphatic rings. The van der Waals surface area contributed by atoms with Crippen molar-refractivity contribution in [1.29, 1.82) is 0 Å². The number of amides is 2. The van der Waals surface area contributed by atoms with Gasteiger partial charge in [0.1, 0.15) is 22.7 Å². The Kier molecular flexibility index (Phi) is 6.48. The molecule has 9 nitrogen and oxygen atoms in total. The number of anilines is 1. The van der Waals surface area contributed by atoms with Crippen LogP contribution in [0.3, 0.4) is 0 Å². The maximum Gasteiger partial charge on any atom is 0.342 e. The lowest BCUT2D eigenvalue weighted by Gasteiger charge is -2.06. The summed E-state index contributed by atoms with van der Waals surface area (Å²) in [5, 5.41) is 2.20. The summed E-state index contributed by atoms with van der Waals surface area (Å²) in [5.41, 5.74) is 4.62. The number of aryl methyl sites for hydroxylation is 1. The molecule has 0 saturated heterocycles. The van der Waals surface area contributed by atoms with Crippen LogP contribution in [0.2, 0.25) is 0 Å². The minimum absolute atomic E-state index is 0.0132. The van der Waals surface area contributed by atoms with Crippen molar-refractivity contribution in [2.75, 3.05) is 18.5 Å². The molecule has 0 atom stereocenters. The molecule has 2 rings (SSSR count). The number of halogens is 1. The van der Waals surface area contributed by atoms with Crippen LogP contribution in [-0.2, 0) is 14.3 Å². The van der Waals surface area contributed by atoms with Gasteiger partial charge in [0.2, 0.25) is 5.88 Å². The molecule has 0 spiro atoms. The first-order valence-corrected chi connectivity index (χ1v) is 8.07. The fourth-order valence-corrected chi connectivity index (χ4v) is 2.31. The third kappa shape index (κ3) is 4.72. The molecule has 0 aliphatic heterocycles. The molecule has 0 radical (unpaired) electrons. The van der Waals surface area contributed by atoms with E-state index in [1.165, 1.54) is 19.1 Å². The van der Waals surface area contributed by atoms with Crippen molar-refractivity contribution < 1.29 is 37.5 Å². The summed E-state index contributed by atoms with van der Waals surface area (Å²) in [6.07, 6.45) is 0. The number of hydrogen-bond donors (Lipinski definition) is 2. The third-order valence-corrected chi connectivity index (χ3v) is 3.46. The number of primary amides is 1. The van der Waals surface area contributed by atoms with Crippen LogP contribution in [0, 0.1) is 12.7 Å². The molecular formula is C18H17FN2O7. The number of esters is 2. The Morgan fingerprint density at radius 3 is 2.46 bits per heavy atom. The van der Waals surface area contributed by atoms with Gasteiger partial charge in [-0.2, -0.15) is 0 Å². The summed E-state index contributed by atoms with van der Waals surface area (Å²) in [5.74, 6) is -4.65. The molecule has 0 bridgehead atoms. The zero-order valence-electron chi connectivity index (χ0n) is 15.0. The predicted octanol–water partition coefficient (Wildman–Crippen LogP) is 1.80. The van der Waals surface area contributed by atoms with E-state index in [4.69, 9.17) is 19.6 Å².